The minimum Gasteiger partial charge on any atom is -0.453 e. The molecule has 2 heterocycles. The molecule has 1 aromatic heterocycles. The average molecular weight is 397 g/mol. The van der Waals surface area contributed by atoms with E-state index in [9.17, 15) is 19.2 Å². The number of hydrogen-bond donors (Lipinski definition) is 2. The molecule has 9 nitrogen and oxygen atoms in total. The molecule has 2 N–H and O–H groups in total. The lowest BCUT2D eigenvalue weighted by Crippen LogP contribution is -2.36. The highest BCUT2D eigenvalue weighted by atomic mass is 32.1. The fraction of sp³-hybridized carbons (Fsp3) is 0.529. The van der Waals surface area contributed by atoms with Gasteiger partial charge in [0.15, 0.2) is 0 Å². The van der Waals surface area contributed by atoms with E-state index < -0.39 is 18.1 Å². The number of rotatable bonds is 5. The number of imide groups is 1. The quantitative estimate of drug-likeness (QED) is 0.789. The number of alkyl carbamates (subject to hydrolysis) is 1. The van der Waals surface area contributed by atoms with Gasteiger partial charge in [0, 0.05) is 17.8 Å². The number of thiophene rings is 1. The second-order valence-electron chi connectivity index (χ2n) is 5.82. The highest BCUT2D eigenvalue weighted by Crippen LogP contribution is 2.37. The van der Waals surface area contributed by atoms with Gasteiger partial charge in [0.1, 0.15) is 5.00 Å². The van der Waals surface area contributed by atoms with E-state index in [0.29, 0.717) is 36.4 Å². The first kappa shape index (κ1) is 20.7. The summed E-state index contributed by atoms with van der Waals surface area (Å²) in [6, 6.07) is 0. The SMILES string of the molecule is CCCC(=O)Nc1sc2c(c1C(=O)NC(=O)OCC)CCN(C(=O)OC)C2. The fourth-order valence-electron chi connectivity index (χ4n) is 2.76. The molecule has 1 aliphatic rings. The molecule has 0 fully saturated rings. The third-order valence-corrected chi connectivity index (χ3v) is 5.07. The van der Waals surface area contributed by atoms with E-state index in [4.69, 9.17) is 9.47 Å². The second kappa shape index (κ2) is 9.36. The van der Waals surface area contributed by atoms with Crippen LogP contribution < -0.4 is 10.6 Å². The lowest BCUT2D eigenvalue weighted by atomic mass is 10.0. The number of nitrogens with one attached hydrogen (secondary N) is 2. The molecule has 0 saturated heterocycles. The third kappa shape index (κ3) is 4.97. The average Bonchev–Trinajstić information content (AvgIpc) is 2.98. The van der Waals surface area contributed by atoms with Crippen molar-refractivity contribution in [1.29, 1.82) is 0 Å². The number of carbonyl (C=O) groups is 4. The molecule has 2 rings (SSSR count). The zero-order valence-electron chi connectivity index (χ0n) is 15.5. The minimum absolute atomic E-state index is 0.134. The summed E-state index contributed by atoms with van der Waals surface area (Å²) in [5.41, 5.74) is 0.964. The summed E-state index contributed by atoms with van der Waals surface area (Å²) in [5.74, 6) is -0.852. The first-order valence-corrected chi connectivity index (χ1v) is 9.48. The summed E-state index contributed by atoms with van der Waals surface area (Å²) in [7, 11) is 1.31. The Labute approximate surface area is 161 Å². The van der Waals surface area contributed by atoms with Gasteiger partial charge in [0.2, 0.25) is 5.91 Å². The maximum Gasteiger partial charge on any atom is 0.414 e. The van der Waals surface area contributed by atoms with Gasteiger partial charge in [-0.05, 0) is 25.3 Å². The molecule has 0 aromatic carbocycles. The van der Waals surface area contributed by atoms with Crippen molar-refractivity contribution in [3.05, 3.63) is 16.0 Å². The van der Waals surface area contributed by atoms with E-state index >= 15 is 0 Å². The molecule has 0 bridgehead atoms. The Balaban J connectivity index is 2.33. The first-order chi connectivity index (χ1) is 12.9. The number of hydrogen-bond acceptors (Lipinski definition) is 7. The number of carbonyl (C=O) groups excluding carboxylic acids is 4. The zero-order valence-corrected chi connectivity index (χ0v) is 16.4. The standard InChI is InChI=1S/C17H23N3O6S/c1-4-6-12(21)18-15-13(14(22)19-16(23)26-5-2)10-7-8-20(17(24)25-3)9-11(10)27-15/h4-9H2,1-3H3,(H,18,21)(H,19,22,23). The van der Waals surface area contributed by atoms with E-state index in [1.54, 1.807) is 6.92 Å². The molecule has 1 aromatic rings. The van der Waals surface area contributed by atoms with Gasteiger partial charge in [-0.2, -0.15) is 0 Å². The number of nitrogens with zero attached hydrogens (tertiary/aromatic N) is 1. The van der Waals surface area contributed by atoms with Crippen LogP contribution in [0.4, 0.5) is 14.6 Å². The van der Waals surface area contributed by atoms with Crippen molar-refractivity contribution in [1.82, 2.24) is 10.2 Å². The van der Waals surface area contributed by atoms with Crippen LogP contribution in [-0.4, -0.2) is 49.2 Å². The van der Waals surface area contributed by atoms with Crippen molar-refractivity contribution in [2.45, 2.75) is 39.7 Å². The van der Waals surface area contributed by atoms with Crippen molar-refractivity contribution in [2.24, 2.45) is 0 Å². The van der Waals surface area contributed by atoms with Gasteiger partial charge < -0.3 is 19.7 Å². The Morgan fingerprint density at radius 3 is 2.59 bits per heavy atom. The molecule has 0 atom stereocenters. The zero-order chi connectivity index (χ0) is 20.0. The molecule has 10 heteroatoms. The highest BCUT2D eigenvalue weighted by molar-refractivity contribution is 7.17. The van der Waals surface area contributed by atoms with Gasteiger partial charge in [-0.15, -0.1) is 11.3 Å². The summed E-state index contributed by atoms with van der Waals surface area (Å²) in [4.78, 5) is 50.4. The summed E-state index contributed by atoms with van der Waals surface area (Å²) >= 11 is 1.22. The van der Waals surface area contributed by atoms with Crippen molar-refractivity contribution < 1.29 is 28.7 Å². The molecule has 1 aliphatic heterocycles. The maximum atomic E-state index is 12.6. The predicted octanol–water partition coefficient (Wildman–Crippen LogP) is 2.50. The highest BCUT2D eigenvalue weighted by Gasteiger charge is 2.31. The first-order valence-electron chi connectivity index (χ1n) is 8.66. The van der Waals surface area contributed by atoms with Crippen LogP contribution in [0.25, 0.3) is 0 Å². The van der Waals surface area contributed by atoms with Crippen molar-refractivity contribution in [3.63, 3.8) is 0 Å². The van der Waals surface area contributed by atoms with Crippen LogP contribution in [0.1, 0.15) is 47.5 Å². The van der Waals surface area contributed by atoms with E-state index in [0.717, 1.165) is 4.88 Å². The van der Waals surface area contributed by atoms with Gasteiger partial charge in [-0.1, -0.05) is 6.92 Å². The summed E-state index contributed by atoms with van der Waals surface area (Å²) in [5, 5.41) is 5.29. The van der Waals surface area contributed by atoms with Crippen LogP contribution in [0.5, 0.6) is 0 Å². The van der Waals surface area contributed by atoms with Crippen LogP contribution in [0.3, 0.4) is 0 Å². The molecule has 0 radical (unpaired) electrons. The molecular weight excluding hydrogens is 374 g/mol. The van der Waals surface area contributed by atoms with Crippen LogP contribution in [0, 0.1) is 0 Å². The fourth-order valence-corrected chi connectivity index (χ4v) is 4.03. The third-order valence-electron chi connectivity index (χ3n) is 3.94. The maximum absolute atomic E-state index is 12.6. The van der Waals surface area contributed by atoms with Gasteiger partial charge in [0.25, 0.3) is 5.91 Å². The van der Waals surface area contributed by atoms with Crippen molar-refractivity contribution in [3.8, 4) is 0 Å². The van der Waals surface area contributed by atoms with E-state index in [1.807, 2.05) is 6.92 Å². The van der Waals surface area contributed by atoms with E-state index in [-0.39, 0.29) is 24.6 Å². The Bertz CT molecular complexity index is 745. The van der Waals surface area contributed by atoms with Gasteiger partial charge in [-0.3, -0.25) is 14.9 Å². The molecule has 0 saturated carbocycles. The van der Waals surface area contributed by atoms with Gasteiger partial charge in [0.05, 0.1) is 25.8 Å². The number of ether oxygens (including phenoxy) is 2. The van der Waals surface area contributed by atoms with E-state index in [2.05, 4.69) is 10.6 Å². The second-order valence-corrected chi connectivity index (χ2v) is 6.93. The topological polar surface area (TPSA) is 114 Å². The smallest absolute Gasteiger partial charge is 0.414 e. The van der Waals surface area contributed by atoms with Crippen LogP contribution in [0.15, 0.2) is 0 Å². The molecule has 0 unspecified atom stereocenters. The summed E-state index contributed by atoms with van der Waals surface area (Å²) in [6.07, 6.45) is 0.0898. The molecule has 0 aliphatic carbocycles. The van der Waals surface area contributed by atoms with Crippen LogP contribution in [0.2, 0.25) is 0 Å². The largest absolute Gasteiger partial charge is 0.453 e. The Morgan fingerprint density at radius 2 is 1.96 bits per heavy atom. The Kier molecular flexibility index (Phi) is 7.17. The lowest BCUT2D eigenvalue weighted by Gasteiger charge is -2.25. The number of anilines is 1. The van der Waals surface area contributed by atoms with Crippen LogP contribution in [-0.2, 0) is 27.2 Å². The molecule has 4 amide bonds. The van der Waals surface area contributed by atoms with Gasteiger partial charge >= 0.3 is 12.2 Å². The summed E-state index contributed by atoms with van der Waals surface area (Å²) < 4.78 is 9.50. The van der Waals surface area contributed by atoms with Crippen molar-refractivity contribution in [2.75, 3.05) is 25.6 Å². The van der Waals surface area contributed by atoms with E-state index in [1.165, 1.54) is 23.3 Å². The molecule has 148 valence electrons. The summed E-state index contributed by atoms with van der Waals surface area (Å²) in [6.45, 7) is 4.29. The number of fused-ring (bicyclic) bond motifs is 1. The Morgan fingerprint density at radius 1 is 1.22 bits per heavy atom. The van der Waals surface area contributed by atoms with Crippen molar-refractivity contribution >= 4 is 40.3 Å². The van der Waals surface area contributed by atoms with Crippen LogP contribution >= 0.6 is 11.3 Å². The molecule has 0 spiro atoms. The minimum atomic E-state index is -0.847. The normalized spacial score (nSPS) is 12.8. The lowest BCUT2D eigenvalue weighted by molar-refractivity contribution is -0.116. The monoisotopic (exact) mass is 397 g/mol. The molecule has 27 heavy (non-hydrogen) atoms. The molecular formula is C17H23N3O6S. The number of amides is 4. The Hall–Kier alpha value is -2.62. The number of methoxy groups -OCH3 is 1. The predicted molar refractivity (Wildman–Crippen MR) is 98.9 cm³/mol. The van der Waals surface area contributed by atoms with Gasteiger partial charge in [-0.25, -0.2) is 9.59 Å².